The van der Waals surface area contributed by atoms with Crippen LogP contribution in [-0.4, -0.2) is 35.7 Å². The molecule has 0 aromatic heterocycles. The van der Waals surface area contributed by atoms with Gasteiger partial charge in [0.1, 0.15) is 17.4 Å². The van der Waals surface area contributed by atoms with Gasteiger partial charge in [-0.15, -0.1) is 0 Å². The van der Waals surface area contributed by atoms with Crippen LogP contribution in [-0.2, 0) is 14.3 Å². The van der Waals surface area contributed by atoms with Gasteiger partial charge < -0.3 is 9.47 Å². The summed E-state index contributed by atoms with van der Waals surface area (Å²) in [7, 11) is 1.49. The van der Waals surface area contributed by atoms with Gasteiger partial charge in [0.25, 0.3) is 5.91 Å². The fraction of sp³-hybridized carbons (Fsp3) is 0.692. The van der Waals surface area contributed by atoms with E-state index in [1.54, 1.807) is 20.8 Å². The summed E-state index contributed by atoms with van der Waals surface area (Å²) in [5.74, 6) is 0.177. The quantitative estimate of drug-likeness (QED) is 0.759. The second kappa shape index (κ2) is 5.00. The molecular formula is C13H21NO4. The van der Waals surface area contributed by atoms with E-state index in [4.69, 9.17) is 9.47 Å². The molecule has 2 amide bonds. The molecule has 0 saturated carbocycles. The minimum atomic E-state index is -0.630. The number of imide groups is 1. The molecule has 1 rings (SSSR count). The third kappa shape index (κ3) is 3.03. The van der Waals surface area contributed by atoms with Crippen molar-refractivity contribution in [1.82, 2.24) is 4.90 Å². The van der Waals surface area contributed by atoms with E-state index in [0.717, 1.165) is 4.90 Å². The maximum Gasteiger partial charge on any atom is 0.418 e. The number of nitrogens with zero attached hydrogens (tertiary/aromatic N) is 1. The summed E-state index contributed by atoms with van der Waals surface area (Å²) in [4.78, 5) is 25.0. The number of hydrogen-bond acceptors (Lipinski definition) is 4. The van der Waals surface area contributed by atoms with Gasteiger partial charge in [0, 0.05) is 6.08 Å². The lowest BCUT2D eigenvalue weighted by atomic mass is 10.0. The van der Waals surface area contributed by atoms with E-state index in [1.165, 1.54) is 13.2 Å². The van der Waals surface area contributed by atoms with Gasteiger partial charge in [-0.1, -0.05) is 13.8 Å². The summed E-state index contributed by atoms with van der Waals surface area (Å²) in [6, 6.07) is -0.391. The first-order valence-electron chi connectivity index (χ1n) is 5.99. The second-order valence-electron chi connectivity index (χ2n) is 5.63. The molecule has 0 unspecified atom stereocenters. The van der Waals surface area contributed by atoms with Crippen LogP contribution in [0.1, 0.15) is 34.6 Å². The maximum absolute atomic E-state index is 12.0. The Hall–Kier alpha value is -1.52. The standard InChI is InChI=1S/C13H21NO4/c1-8(2)11-9(17-6)7-10(15)14(11)12(16)18-13(3,4)5/h7-8,11H,1-6H3/t11-/m0/s1. The largest absolute Gasteiger partial charge is 0.499 e. The van der Waals surface area contributed by atoms with E-state index in [0.29, 0.717) is 5.76 Å². The highest BCUT2D eigenvalue weighted by Gasteiger charge is 2.42. The first kappa shape index (κ1) is 14.5. The van der Waals surface area contributed by atoms with E-state index in [9.17, 15) is 9.59 Å². The highest BCUT2D eigenvalue weighted by atomic mass is 16.6. The molecule has 0 aromatic rings. The molecule has 5 heteroatoms. The summed E-state index contributed by atoms with van der Waals surface area (Å²) in [5, 5.41) is 0. The second-order valence-corrected chi connectivity index (χ2v) is 5.63. The molecule has 0 spiro atoms. The minimum absolute atomic E-state index is 0.0650. The number of methoxy groups -OCH3 is 1. The molecule has 0 fully saturated rings. The minimum Gasteiger partial charge on any atom is -0.499 e. The third-order valence-electron chi connectivity index (χ3n) is 2.53. The van der Waals surface area contributed by atoms with Crippen molar-refractivity contribution in [3.63, 3.8) is 0 Å². The van der Waals surface area contributed by atoms with Crippen LogP contribution in [0.3, 0.4) is 0 Å². The molecule has 0 N–H and O–H groups in total. The molecule has 0 saturated heterocycles. The van der Waals surface area contributed by atoms with Crippen LogP contribution in [0.2, 0.25) is 0 Å². The summed E-state index contributed by atoms with van der Waals surface area (Å²) < 4.78 is 10.4. The molecule has 0 bridgehead atoms. The summed E-state index contributed by atoms with van der Waals surface area (Å²) in [6.45, 7) is 9.14. The fourth-order valence-corrected chi connectivity index (χ4v) is 1.86. The summed E-state index contributed by atoms with van der Waals surface area (Å²) >= 11 is 0. The third-order valence-corrected chi connectivity index (χ3v) is 2.53. The Morgan fingerprint density at radius 2 is 1.94 bits per heavy atom. The van der Waals surface area contributed by atoms with E-state index in [-0.39, 0.29) is 11.8 Å². The van der Waals surface area contributed by atoms with Gasteiger partial charge in [-0.3, -0.25) is 4.79 Å². The summed E-state index contributed by atoms with van der Waals surface area (Å²) in [5.41, 5.74) is -0.630. The van der Waals surface area contributed by atoms with Gasteiger partial charge in [-0.05, 0) is 26.7 Å². The maximum atomic E-state index is 12.0. The Bertz CT molecular complexity index is 379. The van der Waals surface area contributed by atoms with E-state index < -0.39 is 17.7 Å². The zero-order valence-electron chi connectivity index (χ0n) is 11.8. The van der Waals surface area contributed by atoms with Crippen LogP contribution in [0.4, 0.5) is 4.79 Å². The Morgan fingerprint density at radius 1 is 1.39 bits per heavy atom. The van der Waals surface area contributed by atoms with Crippen LogP contribution in [0.15, 0.2) is 11.8 Å². The van der Waals surface area contributed by atoms with E-state index >= 15 is 0 Å². The molecular weight excluding hydrogens is 234 g/mol. The Morgan fingerprint density at radius 3 is 2.33 bits per heavy atom. The van der Waals surface area contributed by atoms with Crippen LogP contribution in [0, 0.1) is 5.92 Å². The van der Waals surface area contributed by atoms with Crippen LogP contribution in [0.5, 0.6) is 0 Å². The molecule has 18 heavy (non-hydrogen) atoms. The topological polar surface area (TPSA) is 55.8 Å². The van der Waals surface area contributed by atoms with Crippen molar-refractivity contribution >= 4 is 12.0 Å². The van der Waals surface area contributed by atoms with Crippen molar-refractivity contribution in [2.45, 2.75) is 46.3 Å². The van der Waals surface area contributed by atoms with Crippen molar-refractivity contribution in [1.29, 1.82) is 0 Å². The zero-order valence-corrected chi connectivity index (χ0v) is 11.8. The Labute approximate surface area is 108 Å². The lowest BCUT2D eigenvalue weighted by Gasteiger charge is -2.30. The molecule has 1 aliphatic rings. The lowest BCUT2D eigenvalue weighted by Crippen LogP contribution is -2.45. The number of rotatable bonds is 2. The number of ether oxygens (including phenoxy) is 2. The number of carbonyl (C=O) groups excluding carboxylic acids is 2. The lowest BCUT2D eigenvalue weighted by molar-refractivity contribution is -0.126. The molecule has 1 atom stereocenters. The van der Waals surface area contributed by atoms with Gasteiger partial charge in [0.15, 0.2) is 0 Å². The number of amides is 2. The molecule has 1 aliphatic heterocycles. The molecule has 0 aromatic carbocycles. The fourth-order valence-electron chi connectivity index (χ4n) is 1.86. The van der Waals surface area contributed by atoms with Crippen LogP contribution >= 0.6 is 0 Å². The van der Waals surface area contributed by atoms with Gasteiger partial charge in [0.05, 0.1) is 7.11 Å². The van der Waals surface area contributed by atoms with Gasteiger partial charge >= 0.3 is 6.09 Å². The van der Waals surface area contributed by atoms with Crippen molar-refractivity contribution < 1.29 is 19.1 Å². The van der Waals surface area contributed by atoms with E-state index in [1.807, 2.05) is 13.8 Å². The van der Waals surface area contributed by atoms with Gasteiger partial charge in [-0.25, -0.2) is 9.69 Å². The SMILES string of the molecule is COC1=CC(=O)N(C(=O)OC(C)(C)C)[C@H]1C(C)C. The first-order valence-corrected chi connectivity index (χ1v) is 5.99. The van der Waals surface area contributed by atoms with Gasteiger partial charge in [0.2, 0.25) is 0 Å². The average Bonchev–Trinajstić information content (AvgIpc) is 2.52. The zero-order chi connectivity index (χ0) is 14.1. The van der Waals surface area contributed by atoms with Crippen molar-refractivity contribution in [2.75, 3.05) is 7.11 Å². The molecule has 0 radical (unpaired) electrons. The van der Waals surface area contributed by atoms with Crippen molar-refractivity contribution in [3.05, 3.63) is 11.8 Å². The van der Waals surface area contributed by atoms with Crippen LogP contribution < -0.4 is 0 Å². The smallest absolute Gasteiger partial charge is 0.418 e. The monoisotopic (exact) mass is 255 g/mol. The van der Waals surface area contributed by atoms with Crippen LogP contribution in [0.25, 0.3) is 0 Å². The molecule has 0 aliphatic carbocycles. The van der Waals surface area contributed by atoms with E-state index in [2.05, 4.69) is 0 Å². The van der Waals surface area contributed by atoms with Crippen molar-refractivity contribution in [3.8, 4) is 0 Å². The number of hydrogen-bond donors (Lipinski definition) is 0. The highest BCUT2D eigenvalue weighted by Crippen LogP contribution is 2.28. The number of carbonyl (C=O) groups is 2. The molecule has 102 valence electrons. The molecule has 1 heterocycles. The summed E-state index contributed by atoms with van der Waals surface area (Å²) in [6.07, 6.45) is 0.712. The average molecular weight is 255 g/mol. The van der Waals surface area contributed by atoms with Gasteiger partial charge in [-0.2, -0.15) is 0 Å². The normalized spacial score (nSPS) is 20.2. The molecule has 5 nitrogen and oxygen atoms in total. The van der Waals surface area contributed by atoms with Crippen molar-refractivity contribution in [2.24, 2.45) is 5.92 Å². The predicted molar refractivity (Wildman–Crippen MR) is 66.8 cm³/mol. The Kier molecular flexibility index (Phi) is 4.04. The highest BCUT2D eigenvalue weighted by molar-refractivity contribution is 6.02. The Balaban J connectivity index is 2.94. The predicted octanol–water partition coefficient (Wildman–Crippen LogP) is 2.32. The first-order chi connectivity index (χ1) is 8.17.